The highest BCUT2D eigenvalue weighted by Gasteiger charge is 2.47. The minimum Gasteiger partial charge on any atom is -0.493 e. The SMILES string of the molecule is CCCCN(C(=O)CN1C[C@H](c2ccc3c(c2)CCO3)[C@@H](C(=O)O)[C@@H]1CC(C)CCC)c1cccc(CN)c1. The molecule has 4 rings (SSSR count). The average Bonchev–Trinajstić information content (AvgIpc) is 3.53. The number of nitrogens with zero attached hydrogens (tertiary/aromatic N) is 2. The van der Waals surface area contributed by atoms with Crippen LogP contribution in [-0.4, -0.2) is 54.2 Å². The summed E-state index contributed by atoms with van der Waals surface area (Å²) in [5, 5.41) is 10.5. The summed E-state index contributed by atoms with van der Waals surface area (Å²) in [7, 11) is 0. The summed E-state index contributed by atoms with van der Waals surface area (Å²) in [6.07, 6.45) is 5.59. The van der Waals surface area contributed by atoms with Crippen LogP contribution in [0.1, 0.15) is 75.5 Å². The summed E-state index contributed by atoms with van der Waals surface area (Å²) in [6, 6.07) is 13.8. The van der Waals surface area contributed by atoms with E-state index in [0.717, 1.165) is 66.7 Å². The molecular weight excluding hydrogens is 490 g/mol. The molecule has 1 amide bonds. The second kappa shape index (κ2) is 13.4. The Bertz CT molecular complexity index is 1140. The van der Waals surface area contributed by atoms with Crippen molar-refractivity contribution in [3.8, 4) is 5.75 Å². The van der Waals surface area contributed by atoms with Crippen molar-refractivity contribution in [2.24, 2.45) is 17.6 Å². The Morgan fingerprint density at radius 1 is 1.18 bits per heavy atom. The molecule has 0 saturated carbocycles. The number of nitrogens with two attached hydrogens (primary N) is 1. The second-order valence-corrected chi connectivity index (χ2v) is 11.3. The molecule has 4 atom stereocenters. The molecular formula is C32H45N3O4. The van der Waals surface area contributed by atoms with Gasteiger partial charge in [-0.05, 0) is 53.6 Å². The van der Waals surface area contributed by atoms with Crippen LogP contribution in [0.2, 0.25) is 0 Å². The molecule has 0 bridgehead atoms. The largest absolute Gasteiger partial charge is 0.493 e. The van der Waals surface area contributed by atoms with Crippen molar-refractivity contribution in [2.75, 3.05) is 31.1 Å². The number of benzene rings is 2. The molecule has 7 nitrogen and oxygen atoms in total. The van der Waals surface area contributed by atoms with E-state index >= 15 is 0 Å². The van der Waals surface area contributed by atoms with E-state index in [1.54, 1.807) is 0 Å². The third kappa shape index (κ3) is 6.82. The number of aliphatic carboxylic acids is 1. The first kappa shape index (κ1) is 29.1. The van der Waals surface area contributed by atoms with E-state index in [9.17, 15) is 14.7 Å². The Morgan fingerprint density at radius 2 is 2.00 bits per heavy atom. The smallest absolute Gasteiger partial charge is 0.308 e. The number of carboxylic acid groups (broad SMARTS) is 1. The fourth-order valence-electron chi connectivity index (χ4n) is 6.41. The number of unbranched alkanes of at least 4 members (excludes halogenated alkanes) is 1. The Balaban J connectivity index is 1.64. The van der Waals surface area contributed by atoms with Crippen molar-refractivity contribution < 1.29 is 19.4 Å². The monoisotopic (exact) mass is 535 g/mol. The van der Waals surface area contributed by atoms with Gasteiger partial charge in [-0.2, -0.15) is 0 Å². The van der Waals surface area contributed by atoms with Crippen molar-refractivity contribution in [2.45, 2.75) is 77.8 Å². The molecule has 2 aliphatic rings. The van der Waals surface area contributed by atoms with Crippen LogP contribution in [0.3, 0.4) is 0 Å². The molecule has 39 heavy (non-hydrogen) atoms. The van der Waals surface area contributed by atoms with Crippen molar-refractivity contribution >= 4 is 17.6 Å². The van der Waals surface area contributed by atoms with Crippen LogP contribution in [0.4, 0.5) is 5.69 Å². The first-order chi connectivity index (χ1) is 18.9. The molecule has 2 heterocycles. The van der Waals surface area contributed by atoms with Crippen molar-refractivity contribution in [1.82, 2.24) is 4.90 Å². The van der Waals surface area contributed by atoms with Gasteiger partial charge in [-0.15, -0.1) is 0 Å². The predicted molar refractivity (Wildman–Crippen MR) is 155 cm³/mol. The molecule has 7 heteroatoms. The third-order valence-corrected chi connectivity index (χ3v) is 8.43. The second-order valence-electron chi connectivity index (χ2n) is 11.3. The third-order valence-electron chi connectivity index (χ3n) is 8.43. The average molecular weight is 536 g/mol. The van der Waals surface area contributed by atoms with Gasteiger partial charge in [0.2, 0.25) is 5.91 Å². The van der Waals surface area contributed by atoms with Gasteiger partial charge in [0.15, 0.2) is 0 Å². The maximum Gasteiger partial charge on any atom is 0.308 e. The molecule has 1 fully saturated rings. The molecule has 212 valence electrons. The van der Waals surface area contributed by atoms with Gasteiger partial charge in [0.05, 0.1) is 19.1 Å². The fraction of sp³-hybridized carbons (Fsp3) is 0.562. The molecule has 2 aliphatic heterocycles. The predicted octanol–water partition coefficient (Wildman–Crippen LogP) is 5.21. The van der Waals surface area contributed by atoms with E-state index in [-0.39, 0.29) is 24.4 Å². The summed E-state index contributed by atoms with van der Waals surface area (Å²) >= 11 is 0. The number of amides is 1. The molecule has 1 unspecified atom stereocenters. The first-order valence-corrected chi connectivity index (χ1v) is 14.7. The van der Waals surface area contributed by atoms with E-state index in [1.807, 2.05) is 41.3 Å². The Kier molecular flexibility index (Phi) is 10.0. The van der Waals surface area contributed by atoms with Gasteiger partial charge in [0.25, 0.3) is 0 Å². The molecule has 2 aromatic carbocycles. The van der Waals surface area contributed by atoms with Gasteiger partial charge >= 0.3 is 5.97 Å². The summed E-state index contributed by atoms with van der Waals surface area (Å²) < 4.78 is 5.70. The number of rotatable bonds is 13. The van der Waals surface area contributed by atoms with E-state index in [1.165, 1.54) is 0 Å². The van der Waals surface area contributed by atoms with Crippen LogP contribution in [0, 0.1) is 11.8 Å². The molecule has 0 aromatic heterocycles. The number of anilines is 1. The highest BCUT2D eigenvalue weighted by molar-refractivity contribution is 5.95. The zero-order chi connectivity index (χ0) is 27.9. The molecule has 0 radical (unpaired) electrons. The first-order valence-electron chi connectivity index (χ1n) is 14.7. The maximum atomic E-state index is 13.9. The van der Waals surface area contributed by atoms with Gasteiger partial charge in [0, 0.05) is 43.7 Å². The highest BCUT2D eigenvalue weighted by atomic mass is 16.5. The molecule has 3 N–H and O–H groups in total. The minimum atomic E-state index is -0.779. The van der Waals surface area contributed by atoms with E-state index in [0.29, 0.717) is 32.2 Å². The lowest BCUT2D eigenvalue weighted by Gasteiger charge is -2.31. The summed E-state index contributed by atoms with van der Waals surface area (Å²) in [5.41, 5.74) is 9.92. The number of likely N-dealkylation sites (tertiary alicyclic amines) is 1. The normalized spacial score (nSPS) is 21.4. The Labute approximate surface area is 233 Å². The summed E-state index contributed by atoms with van der Waals surface area (Å²) in [5.74, 6) is -0.234. The number of ether oxygens (including phenoxy) is 1. The summed E-state index contributed by atoms with van der Waals surface area (Å²) in [6.45, 7) is 8.96. The van der Waals surface area contributed by atoms with E-state index in [2.05, 4.69) is 31.7 Å². The van der Waals surface area contributed by atoms with Crippen LogP contribution >= 0.6 is 0 Å². The number of hydrogen-bond donors (Lipinski definition) is 2. The van der Waals surface area contributed by atoms with Gasteiger partial charge in [-0.25, -0.2) is 0 Å². The van der Waals surface area contributed by atoms with Crippen LogP contribution in [0.5, 0.6) is 5.75 Å². The van der Waals surface area contributed by atoms with Crippen molar-refractivity contribution in [3.05, 3.63) is 59.2 Å². The van der Waals surface area contributed by atoms with Crippen molar-refractivity contribution in [3.63, 3.8) is 0 Å². The zero-order valence-electron chi connectivity index (χ0n) is 23.8. The van der Waals surface area contributed by atoms with Crippen molar-refractivity contribution in [1.29, 1.82) is 0 Å². The lowest BCUT2D eigenvalue weighted by atomic mass is 9.81. The van der Waals surface area contributed by atoms with E-state index in [4.69, 9.17) is 10.5 Å². The number of fused-ring (bicyclic) bond motifs is 1. The lowest BCUT2D eigenvalue weighted by molar-refractivity contribution is -0.143. The number of hydrogen-bond acceptors (Lipinski definition) is 5. The van der Waals surface area contributed by atoms with Gasteiger partial charge in [-0.3, -0.25) is 14.5 Å². The van der Waals surface area contributed by atoms with Crippen LogP contribution in [-0.2, 0) is 22.6 Å². The highest BCUT2D eigenvalue weighted by Crippen LogP contribution is 2.42. The minimum absolute atomic E-state index is 0.0120. The van der Waals surface area contributed by atoms with Crippen LogP contribution in [0.15, 0.2) is 42.5 Å². The molecule has 2 aromatic rings. The molecule has 1 saturated heterocycles. The quantitative estimate of drug-likeness (QED) is 0.366. The Morgan fingerprint density at radius 3 is 2.72 bits per heavy atom. The van der Waals surface area contributed by atoms with Gasteiger partial charge in [-0.1, -0.05) is 64.3 Å². The standard InChI is InChI=1S/C32H45N3O4/c1-4-6-14-35(26-10-7-9-23(17-26)19-33)30(36)21-34-20-27(24-11-12-29-25(18-24)13-15-39-29)31(32(37)38)28(34)16-22(3)8-5-2/h7,9-12,17-18,22,27-28,31H,4-6,8,13-16,19-21,33H2,1-3H3,(H,37,38)/t22?,27-,28+,31-/m1/s1. The summed E-state index contributed by atoms with van der Waals surface area (Å²) in [4.78, 5) is 30.8. The van der Waals surface area contributed by atoms with Crippen LogP contribution in [0.25, 0.3) is 0 Å². The number of carbonyl (C=O) groups excluding carboxylic acids is 1. The lowest BCUT2D eigenvalue weighted by Crippen LogP contribution is -2.45. The zero-order valence-corrected chi connectivity index (χ0v) is 23.8. The fourth-order valence-corrected chi connectivity index (χ4v) is 6.41. The molecule has 0 aliphatic carbocycles. The van der Waals surface area contributed by atoms with Gasteiger partial charge in [0.1, 0.15) is 5.75 Å². The van der Waals surface area contributed by atoms with Gasteiger partial charge < -0.3 is 20.5 Å². The Hall–Kier alpha value is -2.90. The number of carboxylic acids is 1. The number of carbonyl (C=O) groups is 2. The van der Waals surface area contributed by atoms with Crippen LogP contribution < -0.4 is 15.4 Å². The topological polar surface area (TPSA) is 96.1 Å². The van der Waals surface area contributed by atoms with E-state index < -0.39 is 11.9 Å². The molecule has 0 spiro atoms. The maximum absolute atomic E-state index is 13.9.